The van der Waals surface area contributed by atoms with Gasteiger partial charge in [0, 0.05) is 40.8 Å². The second-order valence-electron chi connectivity index (χ2n) is 21.5. The molecule has 0 bridgehead atoms. The summed E-state index contributed by atoms with van der Waals surface area (Å²) < 4.78 is 0. The zero-order valence-electron chi connectivity index (χ0n) is 47.0. The van der Waals surface area contributed by atoms with E-state index < -0.39 is 0 Å². The zero-order valence-corrected chi connectivity index (χ0v) is 47.0. The number of hydrogen-bond donors (Lipinski definition) is 0. The molecule has 14 rings (SSSR count). The first-order chi connectivity index (χ1) is 42.1. The molecule has 3 heteroatoms. The van der Waals surface area contributed by atoms with Crippen LogP contribution in [0, 0.1) is 6.92 Å². The highest BCUT2D eigenvalue weighted by molar-refractivity contribution is 6.00. The molecule has 0 aliphatic carbocycles. The Labute approximate surface area is 497 Å². The molecule has 400 valence electrons. The summed E-state index contributed by atoms with van der Waals surface area (Å²) >= 11 is 0. The van der Waals surface area contributed by atoms with Crippen molar-refractivity contribution in [3.8, 4) is 145 Å². The van der Waals surface area contributed by atoms with E-state index in [2.05, 4.69) is 304 Å². The van der Waals surface area contributed by atoms with E-state index in [-0.39, 0.29) is 0 Å². The standard InChI is InChI=1S/C82H57N3/c1-56-48-82(85-55-79(56)60-30-12-5-13-31-60)63-42-45-75(78(54-63)59-28-10-4-11-29-59)72-37-19-16-34-69(72)66-50-64(67-32-14-17-35-70(67)73-43-40-61(80-38-20-22-46-83-80)52-76(73)57-24-6-2-7-25-57)49-65(51-66)68-33-15-18-36-71(68)74-44-41-62(81-39-21-23-47-84-81)53-77(74)58-26-8-3-9-27-58/h2-55H,1H3. The molecule has 0 fully saturated rings. The molecule has 3 aromatic heterocycles. The van der Waals surface area contributed by atoms with Gasteiger partial charge < -0.3 is 0 Å². The largest absolute Gasteiger partial charge is 0.256 e. The highest BCUT2D eigenvalue weighted by Crippen LogP contribution is 2.47. The van der Waals surface area contributed by atoms with Crippen molar-refractivity contribution in [2.45, 2.75) is 6.92 Å². The Bertz CT molecular complexity index is 4490. The maximum Gasteiger partial charge on any atom is 0.0705 e. The van der Waals surface area contributed by atoms with Crippen LogP contribution in [0.15, 0.2) is 328 Å². The molecular weight excluding hydrogens is 1030 g/mol. The summed E-state index contributed by atoms with van der Waals surface area (Å²) in [5.74, 6) is 0. The van der Waals surface area contributed by atoms with Gasteiger partial charge in [-0.2, -0.15) is 0 Å². The second-order valence-corrected chi connectivity index (χ2v) is 21.5. The van der Waals surface area contributed by atoms with E-state index in [1.807, 2.05) is 30.7 Å². The molecular formula is C82H57N3. The van der Waals surface area contributed by atoms with Crippen molar-refractivity contribution in [2.24, 2.45) is 0 Å². The minimum absolute atomic E-state index is 0.935. The van der Waals surface area contributed by atoms with Crippen LogP contribution in [0.2, 0.25) is 0 Å². The number of aryl methyl sites for hydroxylation is 1. The van der Waals surface area contributed by atoms with Gasteiger partial charge in [-0.3, -0.25) is 15.0 Å². The molecule has 0 saturated heterocycles. The lowest BCUT2D eigenvalue weighted by molar-refractivity contribution is 1.29. The number of benzene rings is 11. The van der Waals surface area contributed by atoms with Crippen molar-refractivity contribution >= 4 is 0 Å². The summed E-state index contributed by atoms with van der Waals surface area (Å²) in [5, 5.41) is 0. The van der Waals surface area contributed by atoms with Crippen LogP contribution in [-0.2, 0) is 0 Å². The first-order valence-electron chi connectivity index (χ1n) is 29.0. The minimum Gasteiger partial charge on any atom is -0.256 e. The summed E-state index contributed by atoms with van der Waals surface area (Å²) in [6, 6.07) is 112. The van der Waals surface area contributed by atoms with Crippen molar-refractivity contribution in [1.82, 2.24) is 15.0 Å². The van der Waals surface area contributed by atoms with Gasteiger partial charge in [0.05, 0.1) is 17.1 Å². The molecule has 85 heavy (non-hydrogen) atoms. The van der Waals surface area contributed by atoms with E-state index in [1.165, 1.54) is 5.56 Å². The summed E-state index contributed by atoms with van der Waals surface area (Å²) in [4.78, 5) is 14.7. The van der Waals surface area contributed by atoms with Crippen molar-refractivity contribution < 1.29 is 0 Å². The lowest BCUT2D eigenvalue weighted by atomic mass is 9.83. The quantitative estimate of drug-likeness (QED) is 0.115. The van der Waals surface area contributed by atoms with Crippen molar-refractivity contribution in [2.75, 3.05) is 0 Å². The van der Waals surface area contributed by atoms with Gasteiger partial charge in [-0.25, -0.2) is 0 Å². The monoisotopic (exact) mass is 1080 g/mol. The lowest BCUT2D eigenvalue weighted by Crippen LogP contribution is -1.95. The molecule has 0 amide bonds. The summed E-state index contributed by atoms with van der Waals surface area (Å²) in [6.45, 7) is 2.18. The fourth-order valence-electron chi connectivity index (χ4n) is 12.1. The molecule has 0 unspecified atom stereocenters. The molecule has 11 aromatic carbocycles. The van der Waals surface area contributed by atoms with E-state index in [9.17, 15) is 0 Å². The summed E-state index contributed by atoms with van der Waals surface area (Å²) in [6.07, 6.45) is 5.75. The van der Waals surface area contributed by atoms with Gasteiger partial charge in [0.25, 0.3) is 0 Å². The van der Waals surface area contributed by atoms with E-state index >= 15 is 0 Å². The first-order valence-corrected chi connectivity index (χ1v) is 29.0. The van der Waals surface area contributed by atoms with Crippen molar-refractivity contribution in [3.63, 3.8) is 0 Å². The Hall–Kier alpha value is -11.1. The van der Waals surface area contributed by atoms with Crippen molar-refractivity contribution in [1.29, 1.82) is 0 Å². The molecule has 0 N–H and O–H groups in total. The van der Waals surface area contributed by atoms with Gasteiger partial charge in [-0.1, -0.05) is 243 Å². The van der Waals surface area contributed by atoms with Gasteiger partial charge in [0.1, 0.15) is 0 Å². The van der Waals surface area contributed by atoms with Crippen LogP contribution in [0.5, 0.6) is 0 Å². The van der Waals surface area contributed by atoms with Crippen molar-refractivity contribution in [3.05, 3.63) is 334 Å². The second kappa shape index (κ2) is 23.4. The Balaban J connectivity index is 0.980. The van der Waals surface area contributed by atoms with E-state index in [1.54, 1.807) is 0 Å². The maximum absolute atomic E-state index is 5.10. The van der Waals surface area contributed by atoms with Gasteiger partial charge in [0.15, 0.2) is 0 Å². The molecule has 3 heterocycles. The van der Waals surface area contributed by atoms with Crippen LogP contribution in [0.1, 0.15) is 5.56 Å². The average Bonchev–Trinajstić information content (AvgIpc) is 3.51. The number of rotatable bonds is 13. The third kappa shape index (κ3) is 10.6. The zero-order chi connectivity index (χ0) is 56.9. The predicted octanol–water partition coefficient (Wildman–Crippen LogP) is 21.9. The van der Waals surface area contributed by atoms with Gasteiger partial charge in [-0.05, 0) is 185 Å². The Morgan fingerprint density at radius 1 is 0.176 bits per heavy atom. The van der Waals surface area contributed by atoms with E-state index in [0.717, 1.165) is 145 Å². The van der Waals surface area contributed by atoms with Crippen LogP contribution in [0.4, 0.5) is 0 Å². The van der Waals surface area contributed by atoms with Crippen LogP contribution in [0.25, 0.3) is 145 Å². The maximum atomic E-state index is 5.10. The molecule has 3 nitrogen and oxygen atoms in total. The number of nitrogens with zero attached hydrogens (tertiary/aromatic N) is 3. The molecule has 0 atom stereocenters. The Morgan fingerprint density at radius 3 is 0.800 bits per heavy atom. The Kier molecular flexibility index (Phi) is 14.3. The van der Waals surface area contributed by atoms with Crippen LogP contribution >= 0.6 is 0 Å². The lowest BCUT2D eigenvalue weighted by Gasteiger charge is -2.21. The molecule has 14 aromatic rings. The van der Waals surface area contributed by atoms with E-state index in [4.69, 9.17) is 15.0 Å². The molecule has 0 saturated carbocycles. The molecule has 0 radical (unpaired) electrons. The first kappa shape index (κ1) is 52.0. The van der Waals surface area contributed by atoms with Crippen LogP contribution in [-0.4, -0.2) is 15.0 Å². The number of pyridine rings is 3. The third-order valence-electron chi connectivity index (χ3n) is 16.2. The highest BCUT2D eigenvalue weighted by atomic mass is 14.7. The molecule has 0 aliphatic rings. The van der Waals surface area contributed by atoms with Gasteiger partial charge >= 0.3 is 0 Å². The Morgan fingerprint density at radius 2 is 0.471 bits per heavy atom. The fraction of sp³-hybridized carbons (Fsp3) is 0.0122. The minimum atomic E-state index is 0.935. The molecule has 0 aliphatic heterocycles. The highest BCUT2D eigenvalue weighted by Gasteiger charge is 2.22. The SMILES string of the molecule is Cc1cc(-c2ccc(-c3ccccc3-c3cc(-c4ccccc4-c4ccc(-c5ccccn5)cc4-c4ccccc4)cc(-c4ccccc4-c4ccc(-c5ccccn5)cc4-c4ccccc4)c3)c(-c3ccccc3)c2)ncc1-c1ccccc1. The predicted molar refractivity (Wildman–Crippen MR) is 355 cm³/mol. The van der Waals surface area contributed by atoms with Gasteiger partial charge in [-0.15, -0.1) is 0 Å². The number of hydrogen-bond acceptors (Lipinski definition) is 3. The third-order valence-corrected chi connectivity index (χ3v) is 16.2. The van der Waals surface area contributed by atoms with Crippen LogP contribution < -0.4 is 0 Å². The average molecular weight is 1080 g/mol. The van der Waals surface area contributed by atoms with Gasteiger partial charge in [0.2, 0.25) is 0 Å². The van der Waals surface area contributed by atoms with E-state index in [0.29, 0.717) is 0 Å². The fourth-order valence-corrected chi connectivity index (χ4v) is 12.1. The molecule has 0 spiro atoms. The summed E-state index contributed by atoms with van der Waals surface area (Å²) in [7, 11) is 0. The summed E-state index contributed by atoms with van der Waals surface area (Å²) in [5.41, 5.74) is 29.8. The van der Waals surface area contributed by atoms with Crippen LogP contribution in [0.3, 0.4) is 0 Å². The smallest absolute Gasteiger partial charge is 0.0705 e. The normalized spacial score (nSPS) is 11.1. The topological polar surface area (TPSA) is 38.7 Å². The number of aromatic nitrogens is 3.